The lowest BCUT2D eigenvalue weighted by Crippen LogP contribution is -2.30. The Balaban J connectivity index is 4.41. The second-order valence-corrected chi connectivity index (χ2v) is 17.1. The van der Waals surface area contributed by atoms with Gasteiger partial charge in [-0.1, -0.05) is 211 Å². The van der Waals surface area contributed by atoms with E-state index >= 15 is 0 Å². The summed E-state index contributed by atoms with van der Waals surface area (Å²) in [5.41, 5.74) is 0. The minimum absolute atomic E-state index is 0.0847. The lowest BCUT2D eigenvalue weighted by atomic mass is 10.0. The van der Waals surface area contributed by atoms with Crippen molar-refractivity contribution >= 4 is 17.9 Å². The summed E-state index contributed by atoms with van der Waals surface area (Å²) in [4.78, 5) is 37.9. The highest BCUT2D eigenvalue weighted by Gasteiger charge is 2.19. The van der Waals surface area contributed by atoms with E-state index in [4.69, 9.17) is 14.2 Å². The van der Waals surface area contributed by atoms with E-state index in [0.717, 1.165) is 103 Å². The third-order valence-electron chi connectivity index (χ3n) is 11.1. The van der Waals surface area contributed by atoms with Crippen LogP contribution in [0.3, 0.4) is 0 Å². The lowest BCUT2D eigenvalue weighted by Gasteiger charge is -2.18. The van der Waals surface area contributed by atoms with Gasteiger partial charge in [0.15, 0.2) is 6.10 Å². The molecule has 0 aromatic carbocycles. The Morgan fingerprint density at radius 3 is 1.05 bits per heavy atom. The van der Waals surface area contributed by atoms with E-state index in [1.807, 2.05) is 0 Å². The average molecular weight is 841 g/mol. The van der Waals surface area contributed by atoms with Crippen LogP contribution < -0.4 is 0 Å². The third kappa shape index (κ3) is 46.4. The predicted octanol–water partition coefficient (Wildman–Crippen LogP) is 16.7. The smallest absolute Gasteiger partial charge is 0.306 e. The van der Waals surface area contributed by atoms with Crippen LogP contribution in [0.4, 0.5) is 0 Å². The number of allylic oxidation sites excluding steroid dienone is 8. The molecule has 0 heterocycles. The van der Waals surface area contributed by atoms with E-state index < -0.39 is 6.10 Å². The number of ether oxygens (including phenoxy) is 3. The molecule has 0 aromatic heterocycles. The molecular formula is C54H96O6. The molecule has 0 spiro atoms. The first kappa shape index (κ1) is 57.4. The molecule has 0 aliphatic rings. The number of esters is 3. The average Bonchev–Trinajstić information content (AvgIpc) is 3.24. The Morgan fingerprint density at radius 2 is 0.650 bits per heavy atom. The standard InChI is InChI=1S/C54H96O6/c1-4-7-10-13-16-19-22-25-27-30-32-35-38-41-44-47-53(56)59-50-51(49-58-52(55)46-43-40-37-34-31-28-24-21-18-15-12-9-6-3)60-54(57)48-45-42-39-36-33-29-26-23-20-17-14-11-8-5-2/h8,11,17,20,26,28-29,31,51H,4-7,9-10,12-16,18-19,21-25,27,30,32-50H2,1-3H3/b11-8-,20-17-,29-26-,31-28-. The maximum Gasteiger partial charge on any atom is 0.306 e. The SMILES string of the molecule is CC/C=C\C/C=C\C/C=C\CCCCCCC(=O)OC(COC(=O)CCCCC/C=C\CCCCCCCC)COC(=O)CCCCCCCCCCCCCCCCC. The molecule has 0 bridgehead atoms. The van der Waals surface area contributed by atoms with E-state index in [-0.39, 0.29) is 31.1 Å². The molecule has 0 amide bonds. The molecule has 0 saturated heterocycles. The van der Waals surface area contributed by atoms with E-state index in [0.29, 0.717) is 19.3 Å². The van der Waals surface area contributed by atoms with Gasteiger partial charge in [0.05, 0.1) is 0 Å². The highest BCUT2D eigenvalue weighted by Crippen LogP contribution is 2.15. The molecule has 1 atom stereocenters. The van der Waals surface area contributed by atoms with Crippen molar-refractivity contribution in [1.29, 1.82) is 0 Å². The van der Waals surface area contributed by atoms with Gasteiger partial charge >= 0.3 is 17.9 Å². The van der Waals surface area contributed by atoms with Crippen molar-refractivity contribution < 1.29 is 28.6 Å². The van der Waals surface area contributed by atoms with Gasteiger partial charge in [0.2, 0.25) is 0 Å². The van der Waals surface area contributed by atoms with Crippen LogP contribution in [0.2, 0.25) is 0 Å². The van der Waals surface area contributed by atoms with Crippen LogP contribution in [0.5, 0.6) is 0 Å². The van der Waals surface area contributed by atoms with Crippen molar-refractivity contribution in [2.45, 2.75) is 264 Å². The lowest BCUT2D eigenvalue weighted by molar-refractivity contribution is -0.167. The highest BCUT2D eigenvalue weighted by molar-refractivity contribution is 5.71. The van der Waals surface area contributed by atoms with Crippen LogP contribution in [-0.4, -0.2) is 37.2 Å². The second kappa shape index (κ2) is 49.0. The van der Waals surface area contributed by atoms with Crippen molar-refractivity contribution in [3.63, 3.8) is 0 Å². The van der Waals surface area contributed by atoms with Gasteiger partial charge in [-0.2, -0.15) is 0 Å². The minimum Gasteiger partial charge on any atom is -0.462 e. The Labute approximate surface area is 371 Å². The van der Waals surface area contributed by atoms with Crippen molar-refractivity contribution in [3.8, 4) is 0 Å². The highest BCUT2D eigenvalue weighted by atomic mass is 16.6. The van der Waals surface area contributed by atoms with Gasteiger partial charge in [-0.05, 0) is 77.0 Å². The van der Waals surface area contributed by atoms with Crippen LogP contribution in [0, 0.1) is 0 Å². The molecule has 0 radical (unpaired) electrons. The van der Waals surface area contributed by atoms with Crippen molar-refractivity contribution in [2.24, 2.45) is 0 Å². The van der Waals surface area contributed by atoms with Crippen LogP contribution >= 0.6 is 0 Å². The molecule has 0 aliphatic heterocycles. The van der Waals surface area contributed by atoms with E-state index in [2.05, 4.69) is 69.4 Å². The number of carbonyl (C=O) groups is 3. The number of unbranched alkanes of at least 4 members (excludes halogenated alkanes) is 27. The maximum atomic E-state index is 12.8. The third-order valence-corrected chi connectivity index (χ3v) is 11.1. The first-order valence-corrected chi connectivity index (χ1v) is 25.6. The first-order valence-electron chi connectivity index (χ1n) is 25.6. The molecule has 348 valence electrons. The molecule has 0 aliphatic carbocycles. The molecule has 6 nitrogen and oxygen atoms in total. The van der Waals surface area contributed by atoms with Gasteiger partial charge < -0.3 is 14.2 Å². The summed E-state index contributed by atoms with van der Waals surface area (Å²) in [5, 5.41) is 0. The number of rotatable bonds is 46. The van der Waals surface area contributed by atoms with Crippen LogP contribution in [0.15, 0.2) is 48.6 Å². The first-order chi connectivity index (χ1) is 29.5. The van der Waals surface area contributed by atoms with Gasteiger partial charge in [0.1, 0.15) is 13.2 Å². The van der Waals surface area contributed by atoms with Crippen LogP contribution in [-0.2, 0) is 28.6 Å². The quantitative estimate of drug-likeness (QED) is 0.0263. The summed E-state index contributed by atoms with van der Waals surface area (Å²) < 4.78 is 16.8. The van der Waals surface area contributed by atoms with E-state index in [1.54, 1.807) is 0 Å². The van der Waals surface area contributed by atoms with E-state index in [1.165, 1.54) is 116 Å². The summed E-state index contributed by atoms with van der Waals surface area (Å²) in [6.07, 6.45) is 58.1. The normalized spacial score (nSPS) is 12.4. The van der Waals surface area contributed by atoms with Gasteiger partial charge in [-0.3, -0.25) is 14.4 Å². The minimum atomic E-state index is -0.787. The van der Waals surface area contributed by atoms with Crippen molar-refractivity contribution in [2.75, 3.05) is 13.2 Å². The number of carbonyl (C=O) groups excluding carboxylic acids is 3. The predicted molar refractivity (Wildman–Crippen MR) is 256 cm³/mol. The Hall–Kier alpha value is -2.63. The maximum absolute atomic E-state index is 12.8. The molecule has 0 saturated carbocycles. The van der Waals surface area contributed by atoms with E-state index in [9.17, 15) is 14.4 Å². The second-order valence-electron chi connectivity index (χ2n) is 17.1. The molecule has 0 rings (SSSR count). The van der Waals surface area contributed by atoms with Crippen molar-refractivity contribution in [3.05, 3.63) is 48.6 Å². The molecule has 60 heavy (non-hydrogen) atoms. The fraction of sp³-hybridized carbons (Fsp3) is 0.796. The van der Waals surface area contributed by atoms with Crippen LogP contribution in [0.25, 0.3) is 0 Å². The zero-order valence-electron chi connectivity index (χ0n) is 39.7. The van der Waals surface area contributed by atoms with Crippen molar-refractivity contribution in [1.82, 2.24) is 0 Å². The van der Waals surface area contributed by atoms with Crippen LogP contribution in [0.1, 0.15) is 258 Å². The molecule has 0 fully saturated rings. The largest absolute Gasteiger partial charge is 0.462 e. The molecule has 0 aromatic rings. The summed E-state index contributed by atoms with van der Waals surface area (Å²) >= 11 is 0. The topological polar surface area (TPSA) is 78.9 Å². The number of hydrogen-bond acceptors (Lipinski definition) is 6. The summed E-state index contributed by atoms with van der Waals surface area (Å²) in [5.74, 6) is -0.917. The van der Waals surface area contributed by atoms with Gasteiger partial charge in [0.25, 0.3) is 0 Å². The Morgan fingerprint density at radius 1 is 0.350 bits per heavy atom. The molecule has 1 unspecified atom stereocenters. The number of hydrogen-bond donors (Lipinski definition) is 0. The molecular weight excluding hydrogens is 745 g/mol. The monoisotopic (exact) mass is 841 g/mol. The molecule has 0 N–H and O–H groups in total. The fourth-order valence-corrected chi connectivity index (χ4v) is 7.22. The Kier molecular flexibility index (Phi) is 46.9. The zero-order chi connectivity index (χ0) is 43.7. The van der Waals surface area contributed by atoms with Gasteiger partial charge in [-0.15, -0.1) is 0 Å². The van der Waals surface area contributed by atoms with Gasteiger partial charge in [-0.25, -0.2) is 0 Å². The van der Waals surface area contributed by atoms with Gasteiger partial charge in [0, 0.05) is 19.3 Å². The summed E-state index contributed by atoms with van der Waals surface area (Å²) in [6, 6.07) is 0. The summed E-state index contributed by atoms with van der Waals surface area (Å²) in [7, 11) is 0. The summed E-state index contributed by atoms with van der Waals surface area (Å²) in [6.45, 7) is 6.50. The Bertz CT molecular complexity index is 1060. The zero-order valence-corrected chi connectivity index (χ0v) is 39.7. The fourth-order valence-electron chi connectivity index (χ4n) is 7.22. The molecule has 6 heteroatoms.